The molecule has 2 aromatic rings. The van der Waals surface area contributed by atoms with Crippen molar-refractivity contribution in [2.24, 2.45) is 10.7 Å². The van der Waals surface area contributed by atoms with Crippen molar-refractivity contribution in [1.29, 1.82) is 5.41 Å². The van der Waals surface area contributed by atoms with Gasteiger partial charge in [0, 0.05) is 52.7 Å². The number of allylic oxidation sites excluding steroid dienone is 1. The van der Waals surface area contributed by atoms with Crippen LogP contribution in [-0.2, 0) is 16.8 Å². The fraction of sp³-hybridized carbons (Fsp3) is 0.100. The van der Waals surface area contributed by atoms with Crippen LogP contribution in [0, 0.1) is 5.41 Å². The fourth-order valence-corrected chi connectivity index (χ4v) is 2.20. The average molecular weight is 394 g/mol. The number of aromatic hydroxyl groups is 2. The predicted octanol–water partition coefficient (Wildman–Crippen LogP) is 3.94. The van der Waals surface area contributed by atoms with Crippen molar-refractivity contribution in [2.75, 3.05) is 0 Å². The van der Waals surface area contributed by atoms with Crippen LogP contribution in [-0.4, -0.2) is 22.3 Å². The molecule has 1 radical (unpaired) electrons. The third-order valence-corrected chi connectivity index (χ3v) is 3.42. The molecule has 0 fully saturated rings. The zero-order valence-corrected chi connectivity index (χ0v) is 15.1. The van der Waals surface area contributed by atoms with E-state index in [1.807, 2.05) is 24.3 Å². The van der Waals surface area contributed by atoms with E-state index < -0.39 is 0 Å². The Morgan fingerprint density at radius 3 is 2.12 bits per heavy atom. The number of phenolic OH excluding ortho intramolecular Hbond substituents is 2. The maximum atomic E-state index is 9.93. The van der Waals surface area contributed by atoms with E-state index in [4.69, 9.17) is 11.1 Å². The number of rotatable bonds is 7. The van der Waals surface area contributed by atoms with Crippen molar-refractivity contribution < 1.29 is 27.0 Å². The van der Waals surface area contributed by atoms with E-state index in [9.17, 15) is 10.2 Å². The maximum absolute atomic E-state index is 9.93. The Balaban J connectivity index is 0.00000338. The molecule has 0 aliphatic carbocycles. The number of nitrogens with zero attached hydrogens (tertiary/aromatic N) is 1. The Bertz CT molecular complexity index is 829. The topological polar surface area (TPSA) is 103 Å². The van der Waals surface area contributed by atoms with Gasteiger partial charge in [0.15, 0.2) is 0 Å². The molecule has 26 heavy (non-hydrogen) atoms. The van der Waals surface area contributed by atoms with Gasteiger partial charge in [-0.1, -0.05) is 48.6 Å². The Hall–Kier alpha value is -2.83. The van der Waals surface area contributed by atoms with Crippen LogP contribution in [0.1, 0.15) is 24.0 Å². The first-order valence-corrected chi connectivity index (χ1v) is 7.85. The normalized spacial score (nSPS) is 12.0. The van der Waals surface area contributed by atoms with Crippen LogP contribution in [0.3, 0.4) is 0 Å². The summed E-state index contributed by atoms with van der Waals surface area (Å²) >= 11 is 0. The van der Waals surface area contributed by atoms with Crippen molar-refractivity contribution >= 4 is 24.2 Å². The third-order valence-electron chi connectivity index (χ3n) is 3.42. The molecular formula is C20H21CoN3O2. The van der Waals surface area contributed by atoms with E-state index >= 15 is 0 Å². The molecule has 6 heteroatoms. The minimum Gasteiger partial charge on any atom is -0.507 e. The van der Waals surface area contributed by atoms with Crippen LogP contribution < -0.4 is 5.73 Å². The molecule has 5 N–H and O–H groups in total. The van der Waals surface area contributed by atoms with E-state index in [1.54, 1.807) is 42.5 Å². The van der Waals surface area contributed by atoms with E-state index in [0.29, 0.717) is 29.1 Å². The summed E-state index contributed by atoms with van der Waals surface area (Å²) in [4.78, 5) is 4.34. The summed E-state index contributed by atoms with van der Waals surface area (Å²) in [5.41, 5.74) is 7.81. The molecule has 0 aliphatic heterocycles. The van der Waals surface area contributed by atoms with Crippen LogP contribution in [0.2, 0.25) is 0 Å². The van der Waals surface area contributed by atoms with Crippen LogP contribution in [0.25, 0.3) is 12.2 Å². The standard InChI is InChI=1S/C20H21N3O2.Co/c21-13-12-20(22)23-17(14-16-7-2-4-11-19(16)25)9-5-8-15-6-1-3-10-18(15)24;/h1-8,10-11,13-14,21,24-25H,9,12H2,(H2,22,23);. The molecule has 0 heterocycles. The second-order valence-electron chi connectivity index (χ2n) is 5.37. The monoisotopic (exact) mass is 394 g/mol. The van der Waals surface area contributed by atoms with Gasteiger partial charge in [0.05, 0.1) is 0 Å². The number of nitrogens with one attached hydrogen (secondary N) is 1. The second kappa shape index (κ2) is 10.9. The first-order chi connectivity index (χ1) is 12.1. The molecule has 0 spiro atoms. The van der Waals surface area contributed by atoms with Crippen LogP contribution >= 0.6 is 0 Å². The number of para-hydroxylation sites is 2. The molecule has 0 unspecified atom stereocenters. The molecule has 0 saturated heterocycles. The van der Waals surface area contributed by atoms with Crippen molar-refractivity contribution in [1.82, 2.24) is 0 Å². The van der Waals surface area contributed by atoms with Gasteiger partial charge < -0.3 is 21.4 Å². The maximum Gasteiger partial charge on any atom is 0.122 e. The van der Waals surface area contributed by atoms with Gasteiger partial charge in [-0.3, -0.25) is 0 Å². The SMILES string of the molecule is N=CCC(N)=NC(=Cc1ccccc1O)CC=Cc1ccccc1O.[Co]. The van der Waals surface area contributed by atoms with E-state index in [2.05, 4.69) is 4.99 Å². The molecule has 0 saturated carbocycles. The number of nitrogens with two attached hydrogens (primary N) is 1. The molecule has 5 nitrogen and oxygen atoms in total. The number of amidine groups is 1. The minimum absolute atomic E-state index is 0. The molecule has 0 atom stereocenters. The molecular weight excluding hydrogens is 373 g/mol. The first kappa shape index (κ1) is 21.2. The summed E-state index contributed by atoms with van der Waals surface area (Å²) < 4.78 is 0. The van der Waals surface area contributed by atoms with E-state index in [-0.39, 0.29) is 34.7 Å². The first-order valence-electron chi connectivity index (χ1n) is 7.85. The molecule has 0 aliphatic rings. The zero-order chi connectivity index (χ0) is 18.1. The Labute approximate surface area is 163 Å². The quantitative estimate of drug-likeness (QED) is 0.423. The third kappa shape index (κ3) is 6.58. The van der Waals surface area contributed by atoms with Gasteiger partial charge in [0.2, 0.25) is 0 Å². The van der Waals surface area contributed by atoms with Crippen molar-refractivity contribution in [2.45, 2.75) is 12.8 Å². The van der Waals surface area contributed by atoms with Crippen molar-refractivity contribution in [3.05, 3.63) is 71.4 Å². The summed E-state index contributed by atoms with van der Waals surface area (Å²) in [5, 5.41) is 26.8. The van der Waals surface area contributed by atoms with Crippen LogP contribution in [0.15, 0.2) is 65.3 Å². The summed E-state index contributed by atoms with van der Waals surface area (Å²) in [7, 11) is 0. The van der Waals surface area contributed by atoms with Gasteiger partial charge in [-0.25, -0.2) is 4.99 Å². The zero-order valence-electron chi connectivity index (χ0n) is 14.1. The molecule has 0 amide bonds. The van der Waals surface area contributed by atoms with Gasteiger partial charge in [0.25, 0.3) is 0 Å². The second-order valence-corrected chi connectivity index (χ2v) is 5.37. The van der Waals surface area contributed by atoms with Gasteiger partial charge in [-0.05, 0) is 18.2 Å². The van der Waals surface area contributed by atoms with Crippen LogP contribution in [0.5, 0.6) is 11.5 Å². The number of aliphatic imine (C=N–C) groups is 1. The number of hydrogen-bond acceptors (Lipinski definition) is 4. The van der Waals surface area contributed by atoms with Crippen molar-refractivity contribution in [3.8, 4) is 11.5 Å². The summed E-state index contributed by atoms with van der Waals surface area (Å²) in [6.07, 6.45) is 7.33. The Morgan fingerprint density at radius 2 is 1.54 bits per heavy atom. The Kier molecular flexibility index (Phi) is 8.90. The molecule has 137 valence electrons. The largest absolute Gasteiger partial charge is 0.507 e. The van der Waals surface area contributed by atoms with Gasteiger partial charge >= 0.3 is 0 Å². The van der Waals surface area contributed by atoms with E-state index in [1.165, 1.54) is 6.21 Å². The van der Waals surface area contributed by atoms with Gasteiger partial charge in [0.1, 0.15) is 17.3 Å². The Morgan fingerprint density at radius 1 is 0.962 bits per heavy atom. The summed E-state index contributed by atoms with van der Waals surface area (Å²) in [6, 6.07) is 14.0. The fourth-order valence-electron chi connectivity index (χ4n) is 2.20. The molecule has 0 aromatic heterocycles. The van der Waals surface area contributed by atoms with Gasteiger partial charge in [-0.2, -0.15) is 0 Å². The van der Waals surface area contributed by atoms with E-state index in [0.717, 1.165) is 0 Å². The molecule has 0 bridgehead atoms. The minimum atomic E-state index is 0. The summed E-state index contributed by atoms with van der Waals surface area (Å²) in [6.45, 7) is 0. The average Bonchev–Trinajstić information content (AvgIpc) is 2.58. The van der Waals surface area contributed by atoms with Crippen molar-refractivity contribution in [3.63, 3.8) is 0 Å². The molecule has 2 aromatic carbocycles. The smallest absolute Gasteiger partial charge is 0.122 e. The summed E-state index contributed by atoms with van der Waals surface area (Å²) in [5.74, 6) is 0.690. The van der Waals surface area contributed by atoms with Crippen LogP contribution in [0.4, 0.5) is 0 Å². The van der Waals surface area contributed by atoms with Gasteiger partial charge in [-0.15, -0.1) is 0 Å². The number of benzene rings is 2. The number of phenols is 2. The number of hydrogen-bond donors (Lipinski definition) is 4. The molecule has 2 rings (SSSR count). The predicted molar refractivity (Wildman–Crippen MR) is 103 cm³/mol.